The maximum Gasteiger partial charge on any atom is 0.259 e. The minimum Gasteiger partial charge on any atom is -0.496 e. The average molecular weight is 1500 g/mol. The maximum absolute atomic E-state index is 14.5. The van der Waals surface area contributed by atoms with Gasteiger partial charge in [-0.2, -0.15) is 0 Å². The van der Waals surface area contributed by atoms with Crippen LogP contribution in [0, 0.1) is 29.1 Å². The highest BCUT2D eigenvalue weighted by Gasteiger charge is 2.50. The Labute approximate surface area is 627 Å². The van der Waals surface area contributed by atoms with Crippen LogP contribution in [0.3, 0.4) is 0 Å². The van der Waals surface area contributed by atoms with Crippen LogP contribution >= 0.6 is 0 Å². The van der Waals surface area contributed by atoms with E-state index in [1.54, 1.807) is 93.4 Å². The number of nitrogens with one attached hydrogen (secondary N) is 2. The van der Waals surface area contributed by atoms with Gasteiger partial charge in [0.2, 0.25) is 17.7 Å². The Hall–Kier alpha value is -11.1. The highest BCUT2D eigenvalue weighted by Crippen LogP contribution is 2.48. The van der Waals surface area contributed by atoms with E-state index >= 15 is 0 Å². The smallest absolute Gasteiger partial charge is 0.259 e. The van der Waals surface area contributed by atoms with Crippen LogP contribution in [0.2, 0.25) is 0 Å². The van der Waals surface area contributed by atoms with Crippen molar-refractivity contribution in [3.63, 3.8) is 0 Å². The summed E-state index contributed by atoms with van der Waals surface area (Å²) in [5, 5.41) is 12.6. The largest absolute Gasteiger partial charge is 0.496 e. The predicted molar refractivity (Wildman–Crippen MR) is 399 cm³/mol. The van der Waals surface area contributed by atoms with Gasteiger partial charge in [-0.1, -0.05) is 34.1 Å². The van der Waals surface area contributed by atoms with Crippen molar-refractivity contribution in [3.8, 4) is 34.8 Å². The predicted octanol–water partition coefficient (Wildman–Crippen LogP) is 7.57. The van der Waals surface area contributed by atoms with E-state index in [2.05, 4.69) is 56.2 Å². The van der Waals surface area contributed by atoms with E-state index in [1.807, 2.05) is 25.1 Å². The molecule has 578 valence electrons. The molecule has 7 amide bonds. The highest BCUT2D eigenvalue weighted by atomic mass is 19.1. The van der Waals surface area contributed by atoms with Crippen molar-refractivity contribution in [3.05, 3.63) is 120 Å². The number of methoxy groups -OCH3 is 2. The molecule has 7 aliphatic heterocycles. The van der Waals surface area contributed by atoms with E-state index in [4.69, 9.17) is 65.6 Å². The highest BCUT2D eigenvalue weighted by molar-refractivity contribution is 6.06. The fraction of sp³-hybridized carbons (Fsp3) is 0.449. The molecule has 0 radical (unpaired) electrons. The number of ether oxygens (including phenoxy) is 9. The standard InChI is InChI=1S/C21H27N3O3.C20H22FN3O5.C19H20FN3O5.C18H22N4O3/c1-13-14(2)27-12-21(13)5-8-24(9-6-21)20-16-11-18(26-3)17(19(22)25)10-15(16)4-7-23-20;1-2-12-15-9-29-19-13-8-16(14(18(22)25)7-11(13)3-4-23-19)28-6-5-27-10-24(15)20(26)17(12)21;1-10-14-8-28-18-12-7-15(13(17(21)24)6-11(12)2-3-22-18)27-5-4-26-9-23(14)19(25)16(10)20;1-3-10-7-16(23)22-14(10)9-21-18-12-8-15(25-2)13(17(19)24)6-11(12)4-5-20-18/h4,7,10-11,13-14H,5-6,8-9,12H2,1-3H3,(H2,22,25);3-4,7-8,12,15,17H,2,5-6,9-10H2,1H3,(H2,22,25);2-3,6-7,10,14,16H,4-5,8-9H2,1H3,(H2,21,24);4-6,8,10,14H,3,7,9H2,1-2H3,(H2,19,24)(H,20,21)(H,22,23)/t13-,14-;12-,15+,17-;10-,14+,16-;10-,14-/m0001/s1. The first-order chi connectivity index (χ1) is 52.5. The Morgan fingerprint density at radius 2 is 1.08 bits per heavy atom. The summed E-state index contributed by atoms with van der Waals surface area (Å²) in [5.41, 5.74) is 23.4. The number of nitrogens with two attached hydrogens (primary N) is 4. The number of hydrogen-bond acceptors (Lipinski definition) is 22. The molecule has 10 atom stereocenters. The molecule has 0 aliphatic carbocycles. The Bertz CT molecular complexity index is 4760. The van der Waals surface area contributed by atoms with Gasteiger partial charge >= 0.3 is 0 Å². The van der Waals surface area contributed by atoms with Crippen LogP contribution in [0.4, 0.5) is 20.4 Å². The number of alkyl halides is 2. The van der Waals surface area contributed by atoms with E-state index in [0.717, 1.165) is 66.3 Å². The molecule has 4 aromatic carbocycles. The average Bonchev–Trinajstić information content (AvgIpc) is 1.62. The second-order valence-corrected chi connectivity index (χ2v) is 28.1. The molecule has 31 heteroatoms. The van der Waals surface area contributed by atoms with Crippen LogP contribution in [-0.2, 0) is 28.6 Å². The van der Waals surface area contributed by atoms with Gasteiger partial charge in [0.05, 0.1) is 74.5 Å². The van der Waals surface area contributed by atoms with Gasteiger partial charge in [-0.05, 0) is 132 Å². The summed E-state index contributed by atoms with van der Waals surface area (Å²) in [4.78, 5) is 106. The monoisotopic (exact) mass is 1500 g/mol. The molecule has 15 rings (SSSR count). The van der Waals surface area contributed by atoms with Crippen molar-refractivity contribution in [1.29, 1.82) is 0 Å². The molecule has 8 aromatic rings. The fourth-order valence-electron chi connectivity index (χ4n) is 15.4. The van der Waals surface area contributed by atoms with Crippen molar-refractivity contribution >= 4 is 96.1 Å². The van der Waals surface area contributed by atoms with Crippen molar-refractivity contribution in [2.24, 2.45) is 52.0 Å². The van der Waals surface area contributed by atoms with E-state index < -0.39 is 71.7 Å². The molecule has 10 N–H and O–H groups in total. The zero-order valence-electron chi connectivity index (χ0n) is 61.8. The van der Waals surface area contributed by atoms with Crippen molar-refractivity contribution < 1.29 is 85.0 Å². The molecule has 109 heavy (non-hydrogen) atoms. The molecule has 11 heterocycles. The summed E-state index contributed by atoms with van der Waals surface area (Å²) < 4.78 is 79.5. The number of carbonyl (C=O) groups excluding carboxylic acids is 7. The van der Waals surface area contributed by atoms with Gasteiger partial charge in [-0.25, -0.2) is 28.7 Å². The van der Waals surface area contributed by atoms with Crippen LogP contribution in [0.5, 0.6) is 34.8 Å². The normalized spacial score (nSPS) is 23.7. The van der Waals surface area contributed by atoms with Gasteiger partial charge in [0.25, 0.3) is 35.4 Å². The van der Waals surface area contributed by atoms with Gasteiger partial charge < -0.3 is 90.9 Å². The quantitative estimate of drug-likeness (QED) is 0.0686. The Morgan fingerprint density at radius 3 is 1.60 bits per heavy atom. The maximum atomic E-state index is 14.5. The first-order valence-corrected chi connectivity index (χ1v) is 36.4. The summed E-state index contributed by atoms with van der Waals surface area (Å²) in [6.07, 6.45) is 7.96. The van der Waals surface area contributed by atoms with Crippen LogP contribution in [-0.4, -0.2) is 201 Å². The molecule has 7 aliphatic rings. The number of carbonyl (C=O) groups is 7. The van der Waals surface area contributed by atoms with E-state index in [0.29, 0.717) is 111 Å². The molecule has 5 saturated heterocycles. The molecule has 29 nitrogen and oxygen atoms in total. The minimum atomic E-state index is -1.59. The number of anilines is 2. The van der Waals surface area contributed by atoms with E-state index in [9.17, 15) is 42.3 Å². The third-order valence-corrected chi connectivity index (χ3v) is 22.1. The van der Waals surface area contributed by atoms with Crippen LogP contribution in [0.25, 0.3) is 43.1 Å². The molecule has 0 saturated carbocycles. The first kappa shape index (κ1) is 77.6. The number of hydrogen-bond donors (Lipinski definition) is 6. The topological polar surface area (TPSA) is 392 Å². The summed E-state index contributed by atoms with van der Waals surface area (Å²) >= 11 is 0. The molecule has 0 unspecified atom stereocenters. The summed E-state index contributed by atoms with van der Waals surface area (Å²) in [6.45, 7) is 14.0. The number of benzene rings is 4. The lowest BCUT2D eigenvalue weighted by atomic mass is 9.70. The molecule has 4 bridgehead atoms. The Morgan fingerprint density at radius 1 is 0.596 bits per heavy atom. The number of piperidine rings is 1. The van der Waals surface area contributed by atoms with Crippen LogP contribution < -0.4 is 66.9 Å². The molecular formula is C78H91F2N13O16. The third-order valence-electron chi connectivity index (χ3n) is 22.1. The van der Waals surface area contributed by atoms with E-state index in [1.165, 1.54) is 16.9 Å². The SMILES string of the molecule is CC[C@@H]1CC(=O)N[C@@H]1CNc1nccc2cc(C(N)=O)c(OC)cc12.CC[C@@H]1[C@H](F)C(=O)N2COCCOc3cc4c(nccc4cc3C(N)=O)OC[C@H]12.COc1cc2c(N3CCC4(CC3)CO[C@@H](C)[C@@H]4C)nccc2cc1C(N)=O.C[C@@H]1[C@H](F)C(=O)N2COCCOc3cc4c(nccc4cc3C(N)=O)OC[C@H]12. The van der Waals surface area contributed by atoms with Gasteiger partial charge in [0.1, 0.15) is 74.5 Å². The minimum absolute atomic E-state index is 0.0645. The number of nitrogens with zero attached hydrogens (tertiary/aromatic N) is 7. The lowest BCUT2D eigenvalue weighted by Gasteiger charge is -2.42. The summed E-state index contributed by atoms with van der Waals surface area (Å²) in [7, 11) is 3.05. The van der Waals surface area contributed by atoms with Crippen molar-refractivity contribution in [2.45, 2.75) is 103 Å². The zero-order valence-corrected chi connectivity index (χ0v) is 61.8. The van der Waals surface area contributed by atoms with Crippen molar-refractivity contribution in [2.75, 3.05) is 104 Å². The first-order valence-electron chi connectivity index (χ1n) is 36.4. The third kappa shape index (κ3) is 16.2. The Balaban J connectivity index is 0.000000136. The molecule has 5 fully saturated rings. The van der Waals surface area contributed by atoms with Crippen LogP contribution in [0.1, 0.15) is 108 Å². The molecule has 4 aromatic heterocycles. The molecular weight excluding hydrogens is 1410 g/mol. The number of rotatable bonds is 12. The lowest BCUT2D eigenvalue weighted by molar-refractivity contribution is -0.139. The number of aromatic nitrogens is 4. The van der Waals surface area contributed by atoms with Crippen LogP contribution in [0.15, 0.2) is 97.6 Å². The number of halogens is 2. The fourth-order valence-corrected chi connectivity index (χ4v) is 15.4. The van der Waals surface area contributed by atoms with Gasteiger partial charge in [0.15, 0.2) is 12.3 Å². The van der Waals surface area contributed by atoms with Gasteiger partial charge in [-0.15, -0.1) is 0 Å². The molecule has 1 spiro atoms. The number of fused-ring (bicyclic) bond motifs is 6. The Kier molecular flexibility index (Phi) is 23.9. The second-order valence-electron chi connectivity index (χ2n) is 28.1. The number of amides is 7. The van der Waals surface area contributed by atoms with Gasteiger partial charge in [-0.3, -0.25) is 33.6 Å². The zero-order chi connectivity index (χ0) is 77.5. The van der Waals surface area contributed by atoms with E-state index in [-0.39, 0.29) is 81.6 Å². The summed E-state index contributed by atoms with van der Waals surface area (Å²) in [5.74, 6) is 0.267. The number of primary amides is 4. The second kappa shape index (κ2) is 33.6. The van der Waals surface area contributed by atoms with Gasteiger partial charge in [0, 0.05) is 95.7 Å². The lowest BCUT2D eigenvalue weighted by Crippen LogP contribution is -2.44. The summed E-state index contributed by atoms with van der Waals surface area (Å²) in [6, 6.07) is 20.0. The number of pyridine rings is 4. The van der Waals surface area contributed by atoms with Crippen molar-refractivity contribution in [1.82, 2.24) is 35.1 Å².